The molecule has 2 unspecified atom stereocenters. The van der Waals surface area contributed by atoms with E-state index in [0.717, 1.165) is 43.8 Å². The highest BCUT2D eigenvalue weighted by molar-refractivity contribution is 5.71. The molecule has 0 aromatic rings. The molecule has 0 aliphatic carbocycles. The summed E-state index contributed by atoms with van der Waals surface area (Å²) in [5.74, 6) is 2.41. The fraction of sp³-hybridized carbons (Fsp3) is 0.893. The standard InChI is InChI=1S/C28H56N2O2/c1-9-30(21-20-29(7)8)23-28(31)32-22-19-27(6)18-12-17-26(5)16-11-15-25(4)14-10-13-24(2)3/h19,24-26H,9-18,20-23H2,1-8H3/b27-19+. The molecule has 0 bridgehead atoms. The van der Waals surface area contributed by atoms with Crippen molar-refractivity contribution in [3.8, 4) is 0 Å². The normalized spacial score (nSPS) is 14.4. The highest BCUT2D eigenvalue weighted by Crippen LogP contribution is 2.22. The number of ether oxygens (including phenoxy) is 1. The Hall–Kier alpha value is -0.870. The molecule has 190 valence electrons. The number of esters is 1. The van der Waals surface area contributed by atoms with Gasteiger partial charge in [-0.25, -0.2) is 0 Å². The minimum Gasteiger partial charge on any atom is -0.460 e. The molecule has 0 heterocycles. The van der Waals surface area contributed by atoms with Gasteiger partial charge in [-0.05, 0) is 64.2 Å². The van der Waals surface area contributed by atoms with Crippen molar-refractivity contribution in [1.82, 2.24) is 9.80 Å². The molecule has 2 atom stereocenters. The van der Waals surface area contributed by atoms with E-state index >= 15 is 0 Å². The first-order valence-corrected chi connectivity index (χ1v) is 13.3. The quantitative estimate of drug-likeness (QED) is 0.150. The summed E-state index contributed by atoms with van der Waals surface area (Å²) < 4.78 is 5.43. The molecule has 0 aromatic carbocycles. The van der Waals surface area contributed by atoms with Gasteiger partial charge in [0.1, 0.15) is 6.61 Å². The van der Waals surface area contributed by atoms with Gasteiger partial charge < -0.3 is 9.64 Å². The first kappa shape index (κ1) is 31.1. The van der Waals surface area contributed by atoms with Crippen LogP contribution in [0, 0.1) is 17.8 Å². The average molecular weight is 453 g/mol. The predicted molar refractivity (Wildman–Crippen MR) is 140 cm³/mol. The van der Waals surface area contributed by atoms with Crippen LogP contribution in [0.3, 0.4) is 0 Å². The van der Waals surface area contributed by atoms with Crippen LogP contribution in [0.5, 0.6) is 0 Å². The Morgan fingerprint density at radius 3 is 1.97 bits per heavy atom. The minimum atomic E-state index is -0.123. The Bertz CT molecular complexity index is 488. The zero-order valence-corrected chi connectivity index (χ0v) is 22.9. The second-order valence-electron chi connectivity index (χ2n) is 10.8. The van der Waals surface area contributed by atoms with Crippen molar-refractivity contribution < 1.29 is 9.53 Å². The largest absolute Gasteiger partial charge is 0.460 e. The van der Waals surface area contributed by atoms with Crippen molar-refractivity contribution >= 4 is 5.97 Å². The van der Waals surface area contributed by atoms with Crippen molar-refractivity contribution in [3.05, 3.63) is 11.6 Å². The number of carbonyl (C=O) groups is 1. The summed E-state index contributed by atoms with van der Waals surface area (Å²) in [6.07, 6.45) is 14.0. The third kappa shape index (κ3) is 19.8. The highest BCUT2D eigenvalue weighted by Gasteiger charge is 2.10. The first-order valence-electron chi connectivity index (χ1n) is 13.3. The van der Waals surface area contributed by atoms with Gasteiger partial charge in [0.15, 0.2) is 0 Å². The molecule has 4 heteroatoms. The van der Waals surface area contributed by atoms with Gasteiger partial charge in [-0.3, -0.25) is 9.69 Å². The van der Waals surface area contributed by atoms with Crippen LogP contribution in [0.15, 0.2) is 11.6 Å². The number of rotatable bonds is 20. The van der Waals surface area contributed by atoms with Crippen LogP contribution in [0.25, 0.3) is 0 Å². The van der Waals surface area contributed by atoms with E-state index in [2.05, 4.69) is 71.5 Å². The third-order valence-corrected chi connectivity index (χ3v) is 6.48. The molecule has 0 N–H and O–H groups in total. The molecular formula is C28H56N2O2. The van der Waals surface area contributed by atoms with Crippen molar-refractivity contribution in [2.45, 2.75) is 99.3 Å². The van der Waals surface area contributed by atoms with Crippen LogP contribution < -0.4 is 0 Å². The molecule has 4 nitrogen and oxygen atoms in total. The first-order chi connectivity index (χ1) is 15.1. The Morgan fingerprint density at radius 2 is 1.44 bits per heavy atom. The van der Waals surface area contributed by atoms with Gasteiger partial charge in [-0.1, -0.05) is 85.1 Å². The lowest BCUT2D eigenvalue weighted by molar-refractivity contribution is -0.143. The van der Waals surface area contributed by atoms with Crippen molar-refractivity contribution in [2.75, 3.05) is 46.9 Å². The fourth-order valence-corrected chi connectivity index (χ4v) is 4.00. The second kappa shape index (κ2) is 19.6. The van der Waals surface area contributed by atoms with Crippen molar-refractivity contribution in [3.63, 3.8) is 0 Å². The van der Waals surface area contributed by atoms with Crippen molar-refractivity contribution in [1.29, 1.82) is 0 Å². The number of allylic oxidation sites excluding steroid dienone is 1. The van der Waals surface area contributed by atoms with E-state index in [0.29, 0.717) is 13.2 Å². The van der Waals surface area contributed by atoms with Gasteiger partial charge in [0.2, 0.25) is 0 Å². The third-order valence-electron chi connectivity index (χ3n) is 6.48. The molecule has 0 spiro atoms. The molecule has 0 saturated heterocycles. The topological polar surface area (TPSA) is 32.8 Å². The lowest BCUT2D eigenvalue weighted by atomic mass is 9.91. The lowest BCUT2D eigenvalue weighted by Gasteiger charge is -2.21. The summed E-state index contributed by atoms with van der Waals surface area (Å²) >= 11 is 0. The van der Waals surface area contributed by atoms with E-state index < -0.39 is 0 Å². The number of likely N-dealkylation sites (N-methyl/N-ethyl adjacent to an activating group) is 2. The SMILES string of the molecule is CCN(CCN(C)C)CC(=O)OC/C=C(\C)CCCC(C)CCCC(C)CCCC(C)C. The number of nitrogens with zero attached hydrogens (tertiary/aromatic N) is 2. The molecule has 0 amide bonds. The summed E-state index contributed by atoms with van der Waals surface area (Å²) in [6.45, 7) is 17.2. The summed E-state index contributed by atoms with van der Waals surface area (Å²) in [6, 6.07) is 0. The van der Waals surface area contributed by atoms with Crippen LogP contribution in [0.4, 0.5) is 0 Å². The van der Waals surface area contributed by atoms with Gasteiger partial charge in [-0.2, -0.15) is 0 Å². The maximum atomic E-state index is 12.1. The maximum Gasteiger partial charge on any atom is 0.320 e. The molecule has 0 aliphatic rings. The van der Waals surface area contributed by atoms with Crippen LogP contribution >= 0.6 is 0 Å². The smallest absolute Gasteiger partial charge is 0.320 e. The lowest BCUT2D eigenvalue weighted by Crippen LogP contribution is -2.36. The van der Waals surface area contributed by atoms with Gasteiger partial charge in [-0.15, -0.1) is 0 Å². The van der Waals surface area contributed by atoms with Crippen LogP contribution in [0.2, 0.25) is 0 Å². The van der Waals surface area contributed by atoms with Gasteiger partial charge >= 0.3 is 5.97 Å². The van der Waals surface area contributed by atoms with Crippen LogP contribution in [0.1, 0.15) is 99.3 Å². The zero-order valence-electron chi connectivity index (χ0n) is 22.9. The number of hydrogen-bond donors (Lipinski definition) is 0. The molecule has 0 saturated carbocycles. The minimum absolute atomic E-state index is 0.123. The average Bonchev–Trinajstić information content (AvgIpc) is 2.70. The number of carbonyl (C=O) groups excluding carboxylic acids is 1. The molecular weight excluding hydrogens is 396 g/mol. The molecule has 0 radical (unpaired) electrons. The molecule has 0 aliphatic heterocycles. The Balaban J connectivity index is 3.86. The van der Waals surface area contributed by atoms with E-state index in [4.69, 9.17) is 4.74 Å². The van der Waals surface area contributed by atoms with E-state index in [1.54, 1.807) is 0 Å². The van der Waals surface area contributed by atoms with Crippen LogP contribution in [-0.4, -0.2) is 62.7 Å². The van der Waals surface area contributed by atoms with Crippen molar-refractivity contribution in [2.24, 2.45) is 17.8 Å². The Kier molecular flexibility index (Phi) is 19.1. The maximum absolute atomic E-state index is 12.1. The van der Waals surface area contributed by atoms with Crippen LogP contribution in [-0.2, 0) is 9.53 Å². The zero-order chi connectivity index (χ0) is 24.4. The Morgan fingerprint density at radius 1 is 0.875 bits per heavy atom. The van der Waals surface area contributed by atoms with E-state index in [-0.39, 0.29) is 5.97 Å². The second-order valence-corrected chi connectivity index (χ2v) is 10.8. The van der Waals surface area contributed by atoms with E-state index in [1.807, 2.05) is 0 Å². The molecule has 0 aromatic heterocycles. The van der Waals surface area contributed by atoms with Gasteiger partial charge in [0, 0.05) is 13.1 Å². The summed E-state index contributed by atoms with van der Waals surface area (Å²) in [7, 11) is 4.10. The highest BCUT2D eigenvalue weighted by atomic mass is 16.5. The van der Waals surface area contributed by atoms with E-state index in [1.165, 1.54) is 56.9 Å². The summed E-state index contributed by atoms with van der Waals surface area (Å²) in [5, 5.41) is 0. The molecule has 0 rings (SSSR count). The summed E-state index contributed by atoms with van der Waals surface area (Å²) in [5.41, 5.74) is 1.34. The fourth-order valence-electron chi connectivity index (χ4n) is 4.00. The van der Waals surface area contributed by atoms with Gasteiger partial charge in [0.25, 0.3) is 0 Å². The van der Waals surface area contributed by atoms with E-state index in [9.17, 15) is 4.79 Å². The molecule has 32 heavy (non-hydrogen) atoms. The molecule has 0 fully saturated rings. The number of hydrogen-bond acceptors (Lipinski definition) is 4. The van der Waals surface area contributed by atoms with Gasteiger partial charge in [0.05, 0.1) is 6.54 Å². The monoisotopic (exact) mass is 452 g/mol. The Labute approximate surface area is 201 Å². The summed E-state index contributed by atoms with van der Waals surface area (Å²) in [4.78, 5) is 16.3. The predicted octanol–water partition coefficient (Wildman–Crippen LogP) is 6.80.